The first-order valence-electron chi connectivity index (χ1n) is 10.9. The van der Waals surface area contributed by atoms with Crippen molar-refractivity contribution in [2.24, 2.45) is 10.3 Å². The molecular formula is C24H23ClN8S. The first-order valence-corrected chi connectivity index (χ1v) is 11.7. The van der Waals surface area contributed by atoms with E-state index in [1.807, 2.05) is 59.6 Å². The largest absolute Gasteiger partial charge is 0.385 e. The van der Waals surface area contributed by atoms with Gasteiger partial charge in [-0.25, -0.2) is 4.98 Å². The Bertz CT molecular complexity index is 1430. The second-order valence-electron chi connectivity index (χ2n) is 8.18. The number of hydrogen-bond acceptors (Lipinski definition) is 7. The van der Waals surface area contributed by atoms with Crippen molar-refractivity contribution in [3.63, 3.8) is 0 Å². The average Bonchev–Trinajstić information content (AvgIpc) is 2.83. The van der Waals surface area contributed by atoms with Crippen LogP contribution in [0, 0.1) is 4.77 Å². The molecule has 3 heterocycles. The molecule has 172 valence electrons. The molecular weight excluding hydrogens is 468 g/mol. The molecule has 10 heteroatoms. The smallest absolute Gasteiger partial charge is 0.200 e. The van der Waals surface area contributed by atoms with Gasteiger partial charge < -0.3 is 15.6 Å². The molecule has 1 fully saturated rings. The molecule has 1 saturated heterocycles. The van der Waals surface area contributed by atoms with Gasteiger partial charge in [0, 0.05) is 29.2 Å². The monoisotopic (exact) mass is 490 g/mol. The number of hydrogen-bond donors (Lipinski definition) is 2. The van der Waals surface area contributed by atoms with Crippen LogP contribution in [0.1, 0.15) is 0 Å². The number of piperazine rings is 1. The SMILES string of the molecule is CN1CCN(N=Nc2ccc(-c3cc(-c4ccccc4Cl)c4c(N)[nH]c(=S)nc4n3)cc2)CC1. The molecule has 0 unspecified atom stereocenters. The first-order chi connectivity index (χ1) is 16.5. The number of rotatable bonds is 4. The van der Waals surface area contributed by atoms with Crippen LogP contribution in [0.15, 0.2) is 64.9 Å². The minimum Gasteiger partial charge on any atom is -0.385 e. The number of nitrogens with zero attached hydrogens (tertiary/aromatic N) is 6. The summed E-state index contributed by atoms with van der Waals surface area (Å²) in [6.45, 7) is 3.73. The van der Waals surface area contributed by atoms with Gasteiger partial charge in [-0.15, -0.1) is 5.11 Å². The Morgan fingerprint density at radius 3 is 2.47 bits per heavy atom. The van der Waals surface area contributed by atoms with Crippen LogP contribution in [0.3, 0.4) is 0 Å². The fraction of sp³-hybridized carbons (Fsp3) is 0.208. The molecule has 2 aromatic carbocycles. The van der Waals surface area contributed by atoms with Crippen molar-refractivity contribution in [1.29, 1.82) is 0 Å². The highest BCUT2D eigenvalue weighted by Crippen LogP contribution is 2.37. The lowest BCUT2D eigenvalue weighted by molar-refractivity contribution is 0.150. The summed E-state index contributed by atoms with van der Waals surface area (Å²) in [5.41, 5.74) is 10.8. The zero-order valence-electron chi connectivity index (χ0n) is 18.6. The molecule has 0 aliphatic carbocycles. The Labute approximate surface area is 207 Å². The van der Waals surface area contributed by atoms with Crippen molar-refractivity contribution in [3.05, 3.63) is 64.4 Å². The minimum absolute atomic E-state index is 0.277. The number of halogens is 1. The van der Waals surface area contributed by atoms with E-state index in [-0.39, 0.29) is 4.77 Å². The third-order valence-corrected chi connectivity index (χ3v) is 6.34. The second-order valence-corrected chi connectivity index (χ2v) is 8.98. The lowest BCUT2D eigenvalue weighted by Gasteiger charge is -2.29. The lowest BCUT2D eigenvalue weighted by Crippen LogP contribution is -2.41. The Morgan fingerprint density at radius 1 is 1.00 bits per heavy atom. The predicted octanol–water partition coefficient (Wildman–Crippen LogP) is 5.50. The van der Waals surface area contributed by atoms with Crippen molar-refractivity contribution in [2.75, 3.05) is 39.0 Å². The molecule has 0 atom stereocenters. The Kier molecular flexibility index (Phi) is 6.23. The number of pyridine rings is 1. The first kappa shape index (κ1) is 22.4. The van der Waals surface area contributed by atoms with Crippen LogP contribution >= 0.6 is 23.8 Å². The highest BCUT2D eigenvalue weighted by Gasteiger charge is 2.16. The maximum absolute atomic E-state index is 6.53. The van der Waals surface area contributed by atoms with E-state index in [4.69, 9.17) is 34.5 Å². The summed E-state index contributed by atoms with van der Waals surface area (Å²) >= 11 is 11.8. The number of fused-ring (bicyclic) bond motifs is 1. The van der Waals surface area contributed by atoms with Crippen molar-refractivity contribution in [1.82, 2.24) is 24.9 Å². The van der Waals surface area contributed by atoms with E-state index >= 15 is 0 Å². The average molecular weight is 491 g/mol. The molecule has 1 aliphatic rings. The molecule has 2 aromatic heterocycles. The Balaban J connectivity index is 1.53. The van der Waals surface area contributed by atoms with Crippen molar-refractivity contribution in [2.45, 2.75) is 0 Å². The number of H-pyrrole nitrogens is 1. The summed E-state index contributed by atoms with van der Waals surface area (Å²) in [5.74, 6) is 0.406. The van der Waals surface area contributed by atoms with E-state index in [9.17, 15) is 0 Å². The van der Waals surface area contributed by atoms with Gasteiger partial charge in [0.25, 0.3) is 0 Å². The number of aromatic amines is 1. The van der Waals surface area contributed by atoms with Crippen LogP contribution in [0.4, 0.5) is 11.5 Å². The van der Waals surface area contributed by atoms with Crippen LogP contribution in [-0.4, -0.2) is 58.1 Å². The Hall–Kier alpha value is -3.40. The van der Waals surface area contributed by atoms with Gasteiger partial charge in [0.2, 0.25) is 0 Å². The summed E-state index contributed by atoms with van der Waals surface area (Å²) in [6, 6.07) is 17.4. The highest BCUT2D eigenvalue weighted by atomic mass is 35.5. The van der Waals surface area contributed by atoms with Gasteiger partial charge in [0.1, 0.15) is 5.82 Å². The molecule has 3 N–H and O–H groups in total. The summed E-state index contributed by atoms with van der Waals surface area (Å²) in [6.07, 6.45) is 0. The lowest BCUT2D eigenvalue weighted by atomic mass is 9.99. The molecule has 4 aromatic rings. The normalized spacial score (nSPS) is 14.8. The van der Waals surface area contributed by atoms with E-state index < -0.39 is 0 Å². The fourth-order valence-corrected chi connectivity index (χ4v) is 4.35. The fourth-order valence-electron chi connectivity index (χ4n) is 3.92. The van der Waals surface area contributed by atoms with Crippen molar-refractivity contribution >= 4 is 46.4 Å². The zero-order chi connectivity index (χ0) is 23.7. The Morgan fingerprint density at radius 2 is 1.74 bits per heavy atom. The minimum atomic E-state index is 0.277. The van der Waals surface area contributed by atoms with Gasteiger partial charge in [0.15, 0.2) is 10.4 Å². The summed E-state index contributed by atoms with van der Waals surface area (Å²) in [5, 5.41) is 12.1. The molecule has 0 bridgehead atoms. The van der Waals surface area contributed by atoms with Crippen molar-refractivity contribution < 1.29 is 0 Å². The number of nitrogen functional groups attached to an aromatic ring is 1. The van der Waals surface area contributed by atoms with E-state index in [0.29, 0.717) is 21.9 Å². The van der Waals surface area contributed by atoms with E-state index in [1.54, 1.807) is 0 Å². The van der Waals surface area contributed by atoms with E-state index in [2.05, 4.69) is 32.3 Å². The van der Waals surface area contributed by atoms with Crippen LogP contribution in [-0.2, 0) is 0 Å². The van der Waals surface area contributed by atoms with Gasteiger partial charge in [-0.3, -0.25) is 5.01 Å². The third kappa shape index (κ3) is 4.63. The standard InChI is InChI=1S/C24H23ClN8S/c1-32-10-12-33(13-11-32)31-30-16-8-6-15(7-9-16)20-14-18(17-4-2-3-5-19(17)25)21-22(26)28-24(34)29-23(21)27-20/h2-9,14H,10-13H2,1H3,(H3,26,27,28,29,34). The quantitative estimate of drug-likeness (QED) is 0.289. The topological polar surface area (TPSA) is 98.8 Å². The zero-order valence-corrected chi connectivity index (χ0v) is 20.1. The van der Waals surface area contributed by atoms with Crippen LogP contribution in [0.5, 0.6) is 0 Å². The maximum Gasteiger partial charge on any atom is 0.200 e. The van der Waals surface area contributed by atoms with Gasteiger partial charge in [-0.2, -0.15) is 4.98 Å². The number of aromatic nitrogens is 3. The number of likely N-dealkylation sites (N-methyl/N-ethyl adjacent to an activating group) is 1. The molecule has 8 nitrogen and oxygen atoms in total. The highest BCUT2D eigenvalue weighted by molar-refractivity contribution is 7.71. The van der Waals surface area contributed by atoms with Gasteiger partial charge in [-0.1, -0.05) is 47.2 Å². The van der Waals surface area contributed by atoms with Gasteiger partial charge >= 0.3 is 0 Å². The van der Waals surface area contributed by atoms with E-state index in [1.165, 1.54) is 0 Å². The van der Waals surface area contributed by atoms with Gasteiger partial charge in [-0.05, 0) is 49.1 Å². The summed E-state index contributed by atoms with van der Waals surface area (Å²) in [7, 11) is 2.11. The molecule has 0 amide bonds. The molecule has 0 saturated carbocycles. The third-order valence-electron chi connectivity index (χ3n) is 5.81. The number of nitrogens with two attached hydrogens (primary N) is 1. The molecule has 0 spiro atoms. The molecule has 1 aliphatic heterocycles. The predicted molar refractivity (Wildman–Crippen MR) is 139 cm³/mol. The summed E-state index contributed by atoms with van der Waals surface area (Å²) < 4.78 is 0.277. The number of anilines is 1. The van der Waals surface area contributed by atoms with E-state index in [0.717, 1.165) is 54.3 Å². The van der Waals surface area contributed by atoms with Crippen molar-refractivity contribution in [3.8, 4) is 22.4 Å². The van der Waals surface area contributed by atoms with Crippen LogP contribution < -0.4 is 5.73 Å². The number of nitrogens with one attached hydrogen (secondary N) is 1. The summed E-state index contributed by atoms with van der Waals surface area (Å²) in [4.78, 5) is 14.4. The molecule has 5 rings (SSSR count). The molecule has 0 radical (unpaired) electrons. The second kappa shape index (κ2) is 9.46. The maximum atomic E-state index is 6.53. The number of benzene rings is 2. The van der Waals surface area contributed by atoms with Crippen LogP contribution in [0.2, 0.25) is 5.02 Å². The van der Waals surface area contributed by atoms with Gasteiger partial charge in [0.05, 0.1) is 29.9 Å². The molecule has 34 heavy (non-hydrogen) atoms. The van der Waals surface area contributed by atoms with Crippen LogP contribution in [0.25, 0.3) is 33.4 Å².